The molecule has 1 aromatic carbocycles. The maximum absolute atomic E-state index is 12.9. The van der Waals surface area contributed by atoms with Crippen molar-refractivity contribution >= 4 is 23.2 Å². The normalized spacial score (nSPS) is 20.9. The summed E-state index contributed by atoms with van der Waals surface area (Å²) in [6.45, 7) is 4.18. The molecule has 2 saturated heterocycles. The van der Waals surface area contributed by atoms with E-state index in [1.54, 1.807) is 12.1 Å². The average molecular weight is 386 g/mol. The zero-order chi connectivity index (χ0) is 19.7. The van der Waals surface area contributed by atoms with Crippen LogP contribution in [-0.4, -0.2) is 65.8 Å². The highest BCUT2D eigenvalue weighted by atomic mass is 16.6. The second kappa shape index (κ2) is 7.77. The van der Waals surface area contributed by atoms with Gasteiger partial charge in [0, 0.05) is 68.9 Å². The first-order valence-electron chi connectivity index (χ1n) is 10.1. The van der Waals surface area contributed by atoms with Crippen LogP contribution in [0.15, 0.2) is 24.3 Å². The van der Waals surface area contributed by atoms with Crippen molar-refractivity contribution < 1.29 is 14.5 Å². The molecule has 0 aromatic heterocycles. The highest BCUT2D eigenvalue weighted by Crippen LogP contribution is 2.32. The fourth-order valence-electron chi connectivity index (χ4n) is 4.16. The van der Waals surface area contributed by atoms with Gasteiger partial charge in [-0.1, -0.05) is 0 Å². The first-order valence-corrected chi connectivity index (χ1v) is 10.1. The van der Waals surface area contributed by atoms with Crippen molar-refractivity contribution in [1.29, 1.82) is 0 Å². The molecule has 0 spiro atoms. The van der Waals surface area contributed by atoms with Gasteiger partial charge in [-0.3, -0.25) is 19.7 Å². The molecule has 4 rings (SSSR count). The van der Waals surface area contributed by atoms with Crippen LogP contribution in [0, 0.1) is 22.0 Å². The molecule has 1 aliphatic carbocycles. The van der Waals surface area contributed by atoms with Crippen molar-refractivity contribution in [2.75, 3.05) is 44.2 Å². The number of carbonyl (C=O) groups is 2. The lowest BCUT2D eigenvalue weighted by molar-refractivity contribution is -0.384. The molecule has 2 amide bonds. The number of piperidine rings is 1. The zero-order valence-corrected chi connectivity index (χ0v) is 16.0. The smallest absolute Gasteiger partial charge is 0.269 e. The second-order valence-electron chi connectivity index (χ2n) is 7.96. The summed E-state index contributed by atoms with van der Waals surface area (Å²) >= 11 is 0. The summed E-state index contributed by atoms with van der Waals surface area (Å²) in [7, 11) is 0. The number of rotatable bonds is 4. The predicted octanol–water partition coefficient (Wildman–Crippen LogP) is 1.89. The molecule has 3 aliphatic rings. The molecule has 0 radical (unpaired) electrons. The van der Waals surface area contributed by atoms with Crippen molar-refractivity contribution in [3.8, 4) is 0 Å². The summed E-state index contributed by atoms with van der Waals surface area (Å²) in [5.41, 5.74) is 1.04. The monoisotopic (exact) mass is 386 g/mol. The van der Waals surface area contributed by atoms with E-state index in [2.05, 4.69) is 4.90 Å². The van der Waals surface area contributed by atoms with Crippen LogP contribution in [0.5, 0.6) is 0 Å². The van der Waals surface area contributed by atoms with Gasteiger partial charge < -0.3 is 14.7 Å². The molecule has 1 saturated carbocycles. The van der Waals surface area contributed by atoms with Gasteiger partial charge >= 0.3 is 0 Å². The number of anilines is 1. The Hall–Kier alpha value is -2.64. The number of likely N-dealkylation sites (tertiary alicyclic amines) is 1. The maximum atomic E-state index is 12.9. The topological polar surface area (TPSA) is 87.0 Å². The van der Waals surface area contributed by atoms with E-state index in [-0.39, 0.29) is 29.3 Å². The van der Waals surface area contributed by atoms with Crippen molar-refractivity contribution in [2.24, 2.45) is 11.8 Å². The summed E-state index contributed by atoms with van der Waals surface area (Å²) in [5.74, 6) is 0.762. The number of carbonyl (C=O) groups excluding carboxylic acids is 2. The van der Waals surface area contributed by atoms with E-state index >= 15 is 0 Å². The fourth-order valence-corrected chi connectivity index (χ4v) is 4.16. The lowest BCUT2D eigenvalue weighted by Gasteiger charge is -2.39. The summed E-state index contributed by atoms with van der Waals surface area (Å²) in [6.07, 6.45) is 3.58. The van der Waals surface area contributed by atoms with Crippen LogP contribution in [0.2, 0.25) is 0 Å². The Bertz CT molecular complexity index is 746. The molecule has 0 N–H and O–H groups in total. The van der Waals surface area contributed by atoms with Gasteiger partial charge in [0.05, 0.1) is 4.92 Å². The molecule has 8 heteroatoms. The largest absolute Gasteiger partial charge is 0.368 e. The Labute approximate surface area is 164 Å². The van der Waals surface area contributed by atoms with Crippen LogP contribution in [0.1, 0.15) is 25.7 Å². The van der Waals surface area contributed by atoms with E-state index in [1.807, 2.05) is 9.80 Å². The Balaban J connectivity index is 1.26. The van der Waals surface area contributed by atoms with Gasteiger partial charge in [-0.25, -0.2) is 0 Å². The molecule has 0 atom stereocenters. The zero-order valence-electron chi connectivity index (χ0n) is 16.0. The lowest BCUT2D eigenvalue weighted by Crippen LogP contribution is -2.52. The number of hydrogen-bond donors (Lipinski definition) is 0. The molecule has 2 heterocycles. The Morgan fingerprint density at radius 1 is 0.786 bits per heavy atom. The minimum atomic E-state index is -0.399. The van der Waals surface area contributed by atoms with Gasteiger partial charge in [0.1, 0.15) is 0 Å². The SMILES string of the molecule is O=C(C1CC1)N1CCC(C(=O)N2CCN(c3ccc([N+](=O)[O-])cc3)CC2)CC1. The van der Waals surface area contributed by atoms with E-state index in [0.717, 1.165) is 44.5 Å². The summed E-state index contributed by atoms with van der Waals surface area (Å²) in [4.78, 5) is 41.4. The fraction of sp³-hybridized carbons (Fsp3) is 0.600. The molecule has 3 fully saturated rings. The summed E-state index contributed by atoms with van der Waals surface area (Å²) in [5, 5.41) is 10.8. The number of nitro groups is 1. The number of piperazine rings is 1. The van der Waals surface area contributed by atoms with E-state index in [0.29, 0.717) is 26.2 Å². The lowest BCUT2D eigenvalue weighted by atomic mass is 9.94. The van der Waals surface area contributed by atoms with Crippen molar-refractivity contribution in [3.05, 3.63) is 34.4 Å². The standard InChI is InChI=1S/C20H26N4O4/c25-19(15-1-2-15)22-9-7-16(8-10-22)20(26)23-13-11-21(12-14-23)17-3-5-18(6-4-17)24(27)28/h3-6,15-16H,1-2,7-14H2. The average Bonchev–Trinajstić information content (AvgIpc) is 3.58. The number of nitrogens with zero attached hydrogens (tertiary/aromatic N) is 4. The number of nitro benzene ring substituents is 1. The van der Waals surface area contributed by atoms with Gasteiger partial charge in [0.25, 0.3) is 5.69 Å². The maximum Gasteiger partial charge on any atom is 0.269 e. The van der Waals surface area contributed by atoms with Crippen molar-refractivity contribution in [2.45, 2.75) is 25.7 Å². The van der Waals surface area contributed by atoms with E-state index in [9.17, 15) is 19.7 Å². The summed E-state index contributed by atoms with van der Waals surface area (Å²) in [6, 6.07) is 6.57. The number of hydrogen-bond acceptors (Lipinski definition) is 5. The second-order valence-corrected chi connectivity index (χ2v) is 7.96. The Kier molecular flexibility index (Phi) is 5.19. The van der Waals surface area contributed by atoms with Crippen LogP contribution in [0.4, 0.5) is 11.4 Å². The molecule has 0 bridgehead atoms. The molecular formula is C20H26N4O4. The van der Waals surface area contributed by atoms with Crippen LogP contribution in [0.25, 0.3) is 0 Å². The van der Waals surface area contributed by atoms with Crippen LogP contribution in [-0.2, 0) is 9.59 Å². The third kappa shape index (κ3) is 3.95. The highest BCUT2D eigenvalue weighted by Gasteiger charge is 2.37. The van der Waals surface area contributed by atoms with Gasteiger partial charge in [0.2, 0.25) is 11.8 Å². The van der Waals surface area contributed by atoms with E-state index in [4.69, 9.17) is 0 Å². The minimum absolute atomic E-state index is 0.0224. The Morgan fingerprint density at radius 3 is 1.79 bits per heavy atom. The number of benzene rings is 1. The third-order valence-electron chi connectivity index (χ3n) is 6.10. The summed E-state index contributed by atoms with van der Waals surface area (Å²) < 4.78 is 0. The van der Waals surface area contributed by atoms with Crippen LogP contribution < -0.4 is 4.90 Å². The van der Waals surface area contributed by atoms with Gasteiger partial charge in [0.15, 0.2) is 0 Å². The minimum Gasteiger partial charge on any atom is -0.368 e. The molecule has 150 valence electrons. The quantitative estimate of drug-likeness (QED) is 0.583. The molecule has 1 aromatic rings. The van der Waals surface area contributed by atoms with Crippen LogP contribution >= 0.6 is 0 Å². The molecule has 28 heavy (non-hydrogen) atoms. The predicted molar refractivity (Wildman–Crippen MR) is 104 cm³/mol. The van der Waals surface area contributed by atoms with Gasteiger partial charge in [-0.2, -0.15) is 0 Å². The molecule has 2 aliphatic heterocycles. The number of non-ortho nitro benzene ring substituents is 1. The van der Waals surface area contributed by atoms with Crippen LogP contribution in [0.3, 0.4) is 0 Å². The molecule has 8 nitrogen and oxygen atoms in total. The molecule has 0 unspecified atom stereocenters. The molecular weight excluding hydrogens is 360 g/mol. The highest BCUT2D eigenvalue weighted by molar-refractivity contribution is 5.82. The van der Waals surface area contributed by atoms with Gasteiger partial charge in [-0.05, 0) is 37.8 Å². The van der Waals surface area contributed by atoms with Crippen molar-refractivity contribution in [3.63, 3.8) is 0 Å². The first-order chi connectivity index (χ1) is 13.5. The first kappa shape index (κ1) is 18.7. The number of amides is 2. The van der Waals surface area contributed by atoms with E-state index < -0.39 is 4.92 Å². The van der Waals surface area contributed by atoms with E-state index in [1.165, 1.54) is 12.1 Å². The third-order valence-corrected chi connectivity index (χ3v) is 6.10. The Morgan fingerprint density at radius 2 is 1.29 bits per heavy atom. The van der Waals surface area contributed by atoms with Crippen molar-refractivity contribution in [1.82, 2.24) is 9.80 Å². The van der Waals surface area contributed by atoms with Gasteiger partial charge in [-0.15, -0.1) is 0 Å².